The van der Waals surface area contributed by atoms with E-state index in [0.29, 0.717) is 0 Å². The first-order valence-corrected chi connectivity index (χ1v) is 23.1. The summed E-state index contributed by atoms with van der Waals surface area (Å²) in [5.74, 6) is 0. The zero-order valence-corrected chi connectivity index (χ0v) is 35.7. The van der Waals surface area contributed by atoms with E-state index in [0.717, 1.165) is 31.5 Å². The first kappa shape index (κ1) is 35.5. The molecule has 0 bridgehead atoms. The largest absolute Gasteiger partial charge is 0.385 e. The fraction of sp³-hybridized carbons (Fsp3) is 0.143. The minimum atomic E-state index is -0.0353. The van der Waals surface area contributed by atoms with Crippen LogP contribution in [0.4, 0.5) is 39.8 Å². The number of unbranched alkanes of at least 4 members (excludes halogenated alkanes) is 2. The van der Waals surface area contributed by atoms with E-state index < -0.39 is 0 Å². The predicted octanol–water partition coefficient (Wildman–Crippen LogP) is 11.6. The molecule has 6 heterocycles. The van der Waals surface area contributed by atoms with E-state index in [9.17, 15) is 0 Å². The van der Waals surface area contributed by atoms with Crippen LogP contribution in [-0.2, 0) is 6.42 Å². The molecule has 0 fully saturated rings. The van der Waals surface area contributed by atoms with Gasteiger partial charge in [-0.05, 0) is 119 Å². The van der Waals surface area contributed by atoms with Crippen LogP contribution in [0.1, 0.15) is 45.1 Å². The van der Waals surface area contributed by atoms with Crippen LogP contribution in [0, 0.1) is 0 Å². The van der Waals surface area contributed by atoms with Crippen molar-refractivity contribution in [2.24, 2.45) is 0 Å². The Labute approximate surface area is 368 Å². The van der Waals surface area contributed by atoms with Crippen molar-refractivity contribution in [3.63, 3.8) is 0 Å². The number of rotatable bonds is 9. The molecule has 0 amide bonds. The fourth-order valence-corrected chi connectivity index (χ4v) is 12.1. The van der Waals surface area contributed by atoms with Gasteiger partial charge in [0.2, 0.25) is 0 Å². The first-order valence-electron chi connectivity index (χ1n) is 23.1. The summed E-state index contributed by atoms with van der Waals surface area (Å²) >= 11 is 0. The van der Waals surface area contributed by atoms with Gasteiger partial charge in [0, 0.05) is 95.5 Å². The Morgan fingerprint density at radius 1 is 0.460 bits per heavy atom. The Morgan fingerprint density at radius 2 is 1.00 bits per heavy atom. The molecule has 10 aromatic rings. The number of aromatic nitrogens is 2. The molecule has 1 N–H and O–H groups in total. The van der Waals surface area contributed by atoms with E-state index in [2.05, 4.69) is 196 Å². The molecule has 0 spiro atoms. The highest BCUT2D eigenvalue weighted by atomic mass is 15.2. The van der Waals surface area contributed by atoms with E-state index in [1.54, 1.807) is 0 Å². The van der Waals surface area contributed by atoms with E-state index in [1.807, 2.05) is 0 Å². The molecule has 5 nitrogen and oxygen atoms in total. The molecule has 300 valence electrons. The van der Waals surface area contributed by atoms with Gasteiger partial charge < -0.3 is 24.1 Å². The van der Waals surface area contributed by atoms with Gasteiger partial charge in [0.25, 0.3) is 0 Å². The number of hydrogen-bond acceptors (Lipinski definition) is 3. The zero-order chi connectivity index (χ0) is 41.5. The lowest BCUT2D eigenvalue weighted by Crippen LogP contribution is -2.63. The minimum absolute atomic E-state index is 0.0175. The summed E-state index contributed by atoms with van der Waals surface area (Å²) in [5, 5.41) is 9.12. The molecule has 0 unspecified atom stereocenters. The molecule has 8 aromatic carbocycles. The topological polar surface area (TPSA) is 28.4 Å². The minimum Gasteiger partial charge on any atom is -0.385 e. The maximum Gasteiger partial charge on any atom is 0.333 e. The number of benzene rings is 8. The highest BCUT2D eigenvalue weighted by Gasteiger charge is 2.51. The van der Waals surface area contributed by atoms with Crippen LogP contribution in [0.15, 0.2) is 158 Å². The molecular formula is C56H45B2N5. The van der Waals surface area contributed by atoms with Crippen LogP contribution in [-0.4, -0.2) is 29.2 Å². The Bertz CT molecular complexity index is 3550. The van der Waals surface area contributed by atoms with Crippen molar-refractivity contribution in [1.29, 1.82) is 0 Å². The maximum absolute atomic E-state index is 3.81. The van der Waals surface area contributed by atoms with Gasteiger partial charge in [0.05, 0.1) is 0 Å². The Kier molecular flexibility index (Phi) is 7.43. The van der Waals surface area contributed by atoms with Crippen LogP contribution in [0.5, 0.6) is 0 Å². The van der Waals surface area contributed by atoms with Crippen molar-refractivity contribution in [3.8, 4) is 11.1 Å². The number of nitrogens with one attached hydrogen (secondary N) is 1. The van der Waals surface area contributed by atoms with Crippen LogP contribution < -0.4 is 37.0 Å². The van der Waals surface area contributed by atoms with E-state index in [1.165, 1.54) is 129 Å². The number of nitrogens with zero attached hydrogens (tertiary/aromatic N) is 4. The maximum atomic E-state index is 3.81. The van der Waals surface area contributed by atoms with Gasteiger partial charge in [-0.2, -0.15) is 0 Å². The third kappa shape index (κ3) is 4.64. The van der Waals surface area contributed by atoms with Crippen molar-refractivity contribution in [1.82, 2.24) is 8.96 Å². The normalized spacial score (nSPS) is 13.8. The lowest BCUT2D eigenvalue weighted by atomic mass is 9.39. The third-order valence-electron chi connectivity index (χ3n) is 14.7. The molecule has 4 aliphatic rings. The van der Waals surface area contributed by atoms with Gasteiger partial charge in [0.15, 0.2) is 0 Å². The number of fused-ring (bicyclic) bond motifs is 12. The standard InChI is InChI=1S/C56H45B2N5/c1-3-5-17-35-26-28-43-47(31-35)60(37-18-9-7-10-19-37)49-34-50-54-51-52-55-41(39-22-13-15-24-45(39)62(55)57(43)53(49)51)33-42-40-23-14-16-25-46(40)63(56(42)52)58(54)44-29-27-36(59-30-6-4-2)32-48(44)61(50)38-20-11-8-12-21-38/h7-16,18-29,31-34,59H,3-6,17,30H2,1-2H3. The van der Waals surface area contributed by atoms with Crippen LogP contribution in [0.2, 0.25) is 0 Å². The Balaban J connectivity index is 1.21. The molecule has 63 heavy (non-hydrogen) atoms. The summed E-state index contributed by atoms with van der Waals surface area (Å²) in [6.07, 6.45) is 5.69. The molecule has 7 heteroatoms. The molecule has 0 aliphatic carbocycles. The van der Waals surface area contributed by atoms with Gasteiger partial charge in [0.1, 0.15) is 0 Å². The van der Waals surface area contributed by atoms with Crippen LogP contribution in [0.25, 0.3) is 54.7 Å². The van der Waals surface area contributed by atoms with Gasteiger partial charge >= 0.3 is 13.7 Å². The lowest BCUT2D eigenvalue weighted by Gasteiger charge is -2.47. The second kappa shape index (κ2) is 13.2. The van der Waals surface area contributed by atoms with E-state index in [-0.39, 0.29) is 13.7 Å². The lowest BCUT2D eigenvalue weighted by molar-refractivity contribution is 0.795. The number of para-hydroxylation sites is 4. The van der Waals surface area contributed by atoms with Crippen molar-refractivity contribution in [2.75, 3.05) is 21.7 Å². The monoisotopic (exact) mass is 809 g/mol. The Hall–Kier alpha value is -7.11. The zero-order valence-electron chi connectivity index (χ0n) is 35.7. The van der Waals surface area contributed by atoms with Crippen LogP contribution >= 0.6 is 0 Å². The van der Waals surface area contributed by atoms with Crippen molar-refractivity contribution >= 4 is 119 Å². The SMILES string of the molecule is CCCCNc1ccc2c(c1)N(c1ccccc1)c1cc3c4c5c1B2n1c2ccccc2c2cc6c7ccccc7n(c6c-5c21)B4c1ccc(CCCC)cc1N3c1ccccc1. The second-order valence-corrected chi connectivity index (χ2v) is 18.1. The summed E-state index contributed by atoms with van der Waals surface area (Å²) in [6, 6.07) is 60.4. The molecule has 14 rings (SSSR count). The molecule has 0 radical (unpaired) electrons. The molecule has 0 saturated carbocycles. The molecule has 0 saturated heterocycles. The smallest absolute Gasteiger partial charge is 0.333 e. The fourth-order valence-electron chi connectivity index (χ4n) is 12.1. The van der Waals surface area contributed by atoms with Crippen molar-refractivity contribution < 1.29 is 0 Å². The van der Waals surface area contributed by atoms with E-state index in [4.69, 9.17) is 0 Å². The average molecular weight is 810 g/mol. The molecule has 2 aromatic heterocycles. The van der Waals surface area contributed by atoms with Gasteiger partial charge in [-0.25, -0.2) is 0 Å². The summed E-state index contributed by atoms with van der Waals surface area (Å²) in [4.78, 5) is 5.20. The first-order chi connectivity index (χ1) is 31.2. The number of hydrogen-bond donors (Lipinski definition) is 1. The van der Waals surface area contributed by atoms with Crippen LogP contribution in [0.3, 0.4) is 0 Å². The van der Waals surface area contributed by atoms with E-state index >= 15 is 0 Å². The van der Waals surface area contributed by atoms with Crippen molar-refractivity contribution in [2.45, 2.75) is 46.0 Å². The third-order valence-corrected chi connectivity index (χ3v) is 14.7. The van der Waals surface area contributed by atoms with Gasteiger partial charge in [-0.1, -0.05) is 118 Å². The summed E-state index contributed by atoms with van der Waals surface area (Å²) in [5.41, 5.74) is 23.5. The average Bonchev–Trinajstić information content (AvgIpc) is 3.85. The second-order valence-electron chi connectivity index (χ2n) is 18.1. The summed E-state index contributed by atoms with van der Waals surface area (Å²) in [6.45, 7) is 5.46. The summed E-state index contributed by atoms with van der Waals surface area (Å²) in [7, 11) is 0. The van der Waals surface area contributed by atoms with Gasteiger partial charge in [-0.3, -0.25) is 0 Å². The quantitative estimate of drug-likeness (QED) is 0.116. The Morgan fingerprint density at radius 3 is 1.59 bits per heavy atom. The summed E-state index contributed by atoms with van der Waals surface area (Å²) < 4.78 is 5.48. The molecule has 4 aliphatic heterocycles. The molecular weight excluding hydrogens is 764 g/mol. The number of anilines is 7. The van der Waals surface area contributed by atoms with Gasteiger partial charge in [-0.15, -0.1) is 0 Å². The highest BCUT2D eigenvalue weighted by molar-refractivity contribution is 6.95. The van der Waals surface area contributed by atoms with Crippen molar-refractivity contribution in [3.05, 3.63) is 163 Å². The predicted molar refractivity (Wildman–Crippen MR) is 270 cm³/mol. The number of aryl methyl sites for hydroxylation is 1. The highest BCUT2D eigenvalue weighted by Crippen LogP contribution is 2.53. The molecule has 0 atom stereocenters.